The van der Waals surface area contributed by atoms with Crippen LogP contribution in [0.2, 0.25) is 0 Å². The Morgan fingerprint density at radius 3 is 2.62 bits per heavy atom. The Hall–Kier alpha value is -1.49. The summed E-state index contributed by atoms with van der Waals surface area (Å²) in [6.07, 6.45) is -0.0630. The van der Waals surface area contributed by atoms with Crippen LogP contribution in [0.4, 0.5) is 5.69 Å². The van der Waals surface area contributed by atoms with Gasteiger partial charge in [0.25, 0.3) is 5.69 Å². The number of carbonyl (C=O) groups is 1. The molecular formula is C8H6NO3S. The van der Waals surface area contributed by atoms with E-state index in [1.807, 2.05) is 0 Å². The van der Waals surface area contributed by atoms with Crippen molar-refractivity contribution in [2.45, 2.75) is 6.42 Å². The molecule has 0 fully saturated rings. The first-order valence-electron chi connectivity index (χ1n) is 3.53. The first-order valence-corrected chi connectivity index (χ1v) is 3.94. The van der Waals surface area contributed by atoms with Gasteiger partial charge in [0.15, 0.2) is 0 Å². The second-order valence-electron chi connectivity index (χ2n) is 2.43. The zero-order chi connectivity index (χ0) is 9.84. The molecule has 0 spiro atoms. The van der Waals surface area contributed by atoms with E-state index >= 15 is 0 Å². The quantitative estimate of drug-likeness (QED) is 0.547. The Bertz CT molecular complexity index is 351. The molecule has 0 aliphatic rings. The molecule has 0 aliphatic carbocycles. The summed E-state index contributed by atoms with van der Waals surface area (Å²) >= 11 is 4.35. The molecule has 0 atom stereocenters. The van der Waals surface area contributed by atoms with E-state index in [1.54, 1.807) is 12.1 Å². The van der Waals surface area contributed by atoms with Gasteiger partial charge in [-0.25, -0.2) is 0 Å². The molecule has 1 rings (SSSR count). The molecule has 0 aliphatic heterocycles. The van der Waals surface area contributed by atoms with Crippen LogP contribution in [0.15, 0.2) is 24.3 Å². The predicted molar refractivity (Wildman–Crippen MR) is 49.4 cm³/mol. The number of hydrogen-bond donors (Lipinski definition) is 0. The third kappa shape index (κ3) is 2.48. The fourth-order valence-corrected chi connectivity index (χ4v) is 1.15. The molecule has 0 aromatic heterocycles. The second kappa shape index (κ2) is 3.95. The van der Waals surface area contributed by atoms with Crippen molar-refractivity contribution in [1.82, 2.24) is 0 Å². The molecule has 67 valence electrons. The normalized spacial score (nSPS) is 9.54. The number of para-hydroxylation sites is 1. The standard InChI is InChI=1S/C8H6NO3S/c10-8(13)5-6-3-1-2-4-7(6)9(11)12/h1-4H,5H2. The van der Waals surface area contributed by atoms with Crippen molar-refractivity contribution in [3.63, 3.8) is 0 Å². The highest BCUT2D eigenvalue weighted by atomic mass is 32.1. The lowest BCUT2D eigenvalue weighted by atomic mass is 10.1. The summed E-state index contributed by atoms with van der Waals surface area (Å²) in [5, 5.41) is 9.97. The molecule has 0 saturated carbocycles. The smallest absolute Gasteiger partial charge is 0.273 e. The largest absolute Gasteiger partial charge is 0.282 e. The van der Waals surface area contributed by atoms with Crippen LogP contribution >= 0.6 is 12.6 Å². The molecule has 1 radical (unpaired) electrons. The SMILES string of the molecule is O=C([S])Cc1ccccc1[N+](=O)[O-]. The molecule has 4 nitrogen and oxygen atoms in total. The third-order valence-electron chi connectivity index (χ3n) is 1.52. The van der Waals surface area contributed by atoms with E-state index in [-0.39, 0.29) is 12.1 Å². The van der Waals surface area contributed by atoms with E-state index in [9.17, 15) is 14.9 Å². The van der Waals surface area contributed by atoms with Gasteiger partial charge < -0.3 is 0 Å². The minimum atomic E-state index is -0.520. The Morgan fingerprint density at radius 2 is 2.08 bits per heavy atom. The highest BCUT2D eigenvalue weighted by molar-refractivity contribution is 7.96. The van der Waals surface area contributed by atoms with E-state index < -0.39 is 10.0 Å². The Kier molecular flexibility index (Phi) is 2.92. The van der Waals surface area contributed by atoms with Crippen molar-refractivity contribution in [2.75, 3.05) is 0 Å². The molecule has 0 saturated heterocycles. The van der Waals surface area contributed by atoms with Gasteiger partial charge in [-0.15, -0.1) is 0 Å². The number of nitrogens with zero attached hydrogens (tertiary/aromatic N) is 1. The summed E-state index contributed by atoms with van der Waals surface area (Å²) in [4.78, 5) is 20.5. The van der Waals surface area contributed by atoms with Gasteiger partial charge in [0.2, 0.25) is 5.12 Å². The van der Waals surface area contributed by atoms with Crippen LogP contribution in [0, 0.1) is 10.1 Å². The van der Waals surface area contributed by atoms with Gasteiger partial charge >= 0.3 is 0 Å². The maximum Gasteiger partial charge on any atom is 0.273 e. The molecule has 13 heavy (non-hydrogen) atoms. The zero-order valence-electron chi connectivity index (χ0n) is 6.60. The van der Waals surface area contributed by atoms with Crippen molar-refractivity contribution in [1.29, 1.82) is 0 Å². The van der Waals surface area contributed by atoms with Crippen molar-refractivity contribution in [3.05, 3.63) is 39.9 Å². The zero-order valence-corrected chi connectivity index (χ0v) is 7.41. The van der Waals surface area contributed by atoms with Crippen molar-refractivity contribution in [3.8, 4) is 0 Å². The minimum Gasteiger partial charge on any atom is -0.282 e. The lowest BCUT2D eigenvalue weighted by Crippen LogP contribution is -1.99. The summed E-state index contributed by atoms with van der Waals surface area (Å²) in [6.45, 7) is 0. The van der Waals surface area contributed by atoms with Gasteiger partial charge in [0, 0.05) is 11.6 Å². The van der Waals surface area contributed by atoms with E-state index in [0.29, 0.717) is 5.56 Å². The minimum absolute atomic E-state index is 0.0549. The van der Waals surface area contributed by atoms with E-state index in [1.165, 1.54) is 12.1 Å². The van der Waals surface area contributed by atoms with Crippen LogP contribution in [-0.2, 0) is 11.2 Å². The molecule has 0 heterocycles. The first-order chi connectivity index (χ1) is 6.11. The number of benzene rings is 1. The third-order valence-corrected chi connectivity index (χ3v) is 1.67. The number of nitro benzene ring substituents is 1. The number of hydrogen-bond acceptors (Lipinski definition) is 3. The second-order valence-corrected chi connectivity index (χ2v) is 2.89. The summed E-state index contributed by atoms with van der Waals surface area (Å²) in [6, 6.07) is 6.08. The van der Waals surface area contributed by atoms with Crippen LogP contribution < -0.4 is 0 Å². The van der Waals surface area contributed by atoms with Crippen LogP contribution in [0.25, 0.3) is 0 Å². The lowest BCUT2D eigenvalue weighted by molar-refractivity contribution is -0.385. The van der Waals surface area contributed by atoms with Gasteiger partial charge in [-0.1, -0.05) is 18.2 Å². The topological polar surface area (TPSA) is 60.2 Å². The van der Waals surface area contributed by atoms with E-state index in [4.69, 9.17) is 0 Å². The van der Waals surface area contributed by atoms with Crippen molar-refractivity contribution >= 4 is 23.4 Å². The van der Waals surface area contributed by atoms with Crippen molar-refractivity contribution < 1.29 is 9.72 Å². The van der Waals surface area contributed by atoms with Gasteiger partial charge in [-0.3, -0.25) is 14.9 Å². The summed E-state index contributed by atoms with van der Waals surface area (Å²) in [5.74, 6) is 0. The molecule has 0 unspecified atom stereocenters. The van der Waals surface area contributed by atoms with E-state index in [2.05, 4.69) is 12.6 Å². The molecule has 1 aromatic carbocycles. The average molecular weight is 196 g/mol. The molecule has 0 amide bonds. The van der Waals surface area contributed by atoms with Crippen LogP contribution in [0.3, 0.4) is 0 Å². The first kappa shape index (κ1) is 9.60. The molecule has 0 N–H and O–H groups in total. The van der Waals surface area contributed by atoms with Gasteiger partial charge in [0.05, 0.1) is 11.3 Å². The van der Waals surface area contributed by atoms with Crippen LogP contribution in [0.5, 0.6) is 0 Å². The number of carbonyl (C=O) groups excluding carboxylic acids is 1. The summed E-state index contributed by atoms with van der Waals surface area (Å²) in [7, 11) is 0. The Morgan fingerprint density at radius 1 is 1.46 bits per heavy atom. The lowest BCUT2D eigenvalue weighted by Gasteiger charge is -1.97. The van der Waals surface area contributed by atoms with Crippen LogP contribution in [-0.4, -0.2) is 10.0 Å². The average Bonchev–Trinajstić information content (AvgIpc) is 2.03. The van der Waals surface area contributed by atoms with Crippen LogP contribution in [0.1, 0.15) is 5.56 Å². The van der Waals surface area contributed by atoms with E-state index in [0.717, 1.165) is 0 Å². The summed E-state index contributed by atoms with van der Waals surface area (Å²) in [5.41, 5.74) is 0.313. The van der Waals surface area contributed by atoms with Gasteiger partial charge in [0.1, 0.15) is 0 Å². The fourth-order valence-electron chi connectivity index (χ4n) is 0.994. The highest BCUT2D eigenvalue weighted by Crippen LogP contribution is 2.18. The van der Waals surface area contributed by atoms with Crippen molar-refractivity contribution in [2.24, 2.45) is 0 Å². The molecular weight excluding hydrogens is 190 g/mol. The van der Waals surface area contributed by atoms with Gasteiger partial charge in [-0.05, 0) is 12.6 Å². The van der Waals surface area contributed by atoms with Gasteiger partial charge in [-0.2, -0.15) is 0 Å². The predicted octanol–water partition coefficient (Wildman–Crippen LogP) is 1.86. The Balaban J connectivity index is 3.04. The Labute approximate surface area is 80.1 Å². The highest BCUT2D eigenvalue weighted by Gasteiger charge is 2.13. The number of rotatable bonds is 3. The fraction of sp³-hybridized carbons (Fsp3) is 0.125. The molecule has 0 bridgehead atoms. The maximum atomic E-state index is 10.6. The molecule has 1 aromatic rings. The molecule has 5 heteroatoms. The monoisotopic (exact) mass is 196 g/mol. The maximum absolute atomic E-state index is 10.6. The number of nitro groups is 1. The summed E-state index contributed by atoms with van der Waals surface area (Å²) < 4.78 is 0.